The summed E-state index contributed by atoms with van der Waals surface area (Å²) in [5.74, 6) is 1.43. The fourth-order valence-electron chi connectivity index (χ4n) is 4.00. The second-order valence-electron chi connectivity index (χ2n) is 7.05. The number of aromatic nitrogens is 5. The van der Waals surface area contributed by atoms with Gasteiger partial charge >= 0.3 is 0 Å². The lowest BCUT2D eigenvalue weighted by Crippen LogP contribution is -2.44. The minimum Gasteiger partial charge on any atom is -0.494 e. The number of pyridine rings is 1. The molecule has 0 atom stereocenters. The van der Waals surface area contributed by atoms with Gasteiger partial charge in [0.15, 0.2) is 11.4 Å². The van der Waals surface area contributed by atoms with E-state index in [0.29, 0.717) is 16.4 Å². The van der Waals surface area contributed by atoms with Gasteiger partial charge in [-0.1, -0.05) is 11.6 Å². The zero-order valence-corrected chi connectivity index (χ0v) is 16.9. The first-order valence-electron chi connectivity index (χ1n) is 9.45. The summed E-state index contributed by atoms with van der Waals surface area (Å²) in [5, 5.41) is 12.7. The first kappa shape index (κ1) is 18.1. The highest BCUT2D eigenvalue weighted by molar-refractivity contribution is 6.37. The van der Waals surface area contributed by atoms with Crippen LogP contribution in [0, 0.1) is 6.92 Å². The molecule has 1 fully saturated rings. The number of anilines is 1. The minimum absolute atomic E-state index is 0.531. The summed E-state index contributed by atoms with van der Waals surface area (Å²) < 4.78 is 5.79. The maximum Gasteiger partial charge on any atom is 0.155 e. The van der Waals surface area contributed by atoms with Gasteiger partial charge in [-0.2, -0.15) is 5.10 Å². The molecule has 148 valence electrons. The number of methoxy groups -OCH3 is 1. The van der Waals surface area contributed by atoms with Crippen LogP contribution >= 0.6 is 11.6 Å². The number of piperazine rings is 1. The van der Waals surface area contributed by atoms with Crippen LogP contribution in [0.15, 0.2) is 24.8 Å². The van der Waals surface area contributed by atoms with Crippen LogP contribution in [-0.4, -0.2) is 58.4 Å². The Balaban J connectivity index is 1.80. The Bertz CT molecular complexity index is 1220. The number of benzene rings is 1. The lowest BCUT2D eigenvalue weighted by atomic mass is 9.97. The maximum absolute atomic E-state index is 6.91. The summed E-state index contributed by atoms with van der Waals surface area (Å²) in [6, 6.07) is 2.00. The molecule has 1 saturated heterocycles. The molecule has 0 radical (unpaired) electrons. The Hall–Kier alpha value is -2.97. The molecule has 29 heavy (non-hydrogen) atoms. The predicted octanol–water partition coefficient (Wildman–Crippen LogP) is 2.95. The van der Waals surface area contributed by atoms with E-state index in [0.717, 1.165) is 65.0 Å². The number of ether oxygens (including phenoxy) is 1. The Morgan fingerprint density at radius 3 is 2.76 bits per heavy atom. The average molecular weight is 410 g/mol. The normalized spacial score (nSPS) is 14.7. The number of nitrogens with one attached hydrogen (secondary N) is 2. The van der Waals surface area contributed by atoms with E-state index in [-0.39, 0.29) is 0 Å². The predicted molar refractivity (Wildman–Crippen MR) is 114 cm³/mol. The molecule has 9 heteroatoms. The Kier molecular flexibility index (Phi) is 4.44. The van der Waals surface area contributed by atoms with E-state index in [2.05, 4.69) is 35.4 Å². The number of rotatable bonds is 3. The molecule has 1 aliphatic rings. The fourth-order valence-corrected chi connectivity index (χ4v) is 4.32. The Labute approximate surface area is 172 Å². The van der Waals surface area contributed by atoms with Crippen LogP contribution in [0.5, 0.6) is 5.75 Å². The topological polar surface area (TPSA) is 91.8 Å². The van der Waals surface area contributed by atoms with Crippen molar-refractivity contribution in [3.8, 4) is 16.9 Å². The second-order valence-corrected chi connectivity index (χ2v) is 7.43. The van der Waals surface area contributed by atoms with Gasteiger partial charge in [-0.05, 0) is 18.6 Å². The van der Waals surface area contributed by atoms with Crippen molar-refractivity contribution in [3.63, 3.8) is 0 Å². The number of H-pyrrole nitrogens is 1. The molecule has 8 nitrogen and oxygen atoms in total. The number of hydrogen-bond acceptors (Lipinski definition) is 7. The van der Waals surface area contributed by atoms with Crippen LogP contribution in [0.4, 0.5) is 5.82 Å². The third-order valence-corrected chi connectivity index (χ3v) is 5.74. The minimum atomic E-state index is 0.531. The van der Waals surface area contributed by atoms with E-state index in [9.17, 15) is 0 Å². The average Bonchev–Trinajstić information content (AvgIpc) is 3.23. The summed E-state index contributed by atoms with van der Waals surface area (Å²) in [5.41, 5.74) is 4.31. The van der Waals surface area contributed by atoms with E-state index in [1.165, 1.54) is 0 Å². The van der Waals surface area contributed by atoms with Gasteiger partial charge in [0.2, 0.25) is 0 Å². The molecule has 3 aromatic heterocycles. The molecule has 4 heterocycles. The summed E-state index contributed by atoms with van der Waals surface area (Å²) in [6.07, 6.45) is 5.18. The third-order valence-electron chi connectivity index (χ3n) is 5.36. The molecule has 0 bridgehead atoms. The summed E-state index contributed by atoms with van der Waals surface area (Å²) in [4.78, 5) is 15.8. The highest BCUT2D eigenvalue weighted by Crippen LogP contribution is 2.45. The van der Waals surface area contributed by atoms with Gasteiger partial charge in [-0.25, -0.2) is 15.0 Å². The number of hydrogen-bond donors (Lipinski definition) is 2. The van der Waals surface area contributed by atoms with Gasteiger partial charge in [0.25, 0.3) is 0 Å². The SMILES string of the molecule is COc1c(Cl)c(-c2c(C)cnc3[nH]ncc23)cc2ncnc(N3CCNCC3)c12. The highest BCUT2D eigenvalue weighted by Gasteiger charge is 2.24. The van der Waals surface area contributed by atoms with Crippen molar-refractivity contribution in [1.82, 2.24) is 30.5 Å². The maximum atomic E-state index is 6.91. The van der Waals surface area contributed by atoms with E-state index < -0.39 is 0 Å². The molecule has 0 amide bonds. The lowest BCUT2D eigenvalue weighted by Gasteiger charge is -2.29. The number of aromatic amines is 1. The highest BCUT2D eigenvalue weighted by atomic mass is 35.5. The van der Waals surface area contributed by atoms with Crippen LogP contribution in [0.2, 0.25) is 5.02 Å². The molecule has 4 aromatic rings. The lowest BCUT2D eigenvalue weighted by molar-refractivity contribution is 0.420. The largest absolute Gasteiger partial charge is 0.494 e. The molecule has 2 N–H and O–H groups in total. The van der Waals surface area contributed by atoms with Crippen LogP contribution in [-0.2, 0) is 0 Å². The molecular weight excluding hydrogens is 390 g/mol. The smallest absolute Gasteiger partial charge is 0.155 e. The van der Waals surface area contributed by atoms with Crippen molar-refractivity contribution in [2.45, 2.75) is 6.92 Å². The molecule has 0 aliphatic carbocycles. The molecule has 1 aliphatic heterocycles. The molecular formula is C20H20ClN7O. The van der Waals surface area contributed by atoms with E-state index in [1.54, 1.807) is 19.6 Å². The van der Waals surface area contributed by atoms with E-state index in [1.807, 2.05) is 19.2 Å². The number of nitrogens with zero attached hydrogens (tertiary/aromatic N) is 5. The van der Waals surface area contributed by atoms with Gasteiger partial charge in [-0.3, -0.25) is 5.10 Å². The first-order chi connectivity index (χ1) is 14.2. The number of fused-ring (bicyclic) bond motifs is 2. The monoisotopic (exact) mass is 409 g/mol. The number of aryl methyl sites for hydroxylation is 1. The van der Waals surface area contributed by atoms with Crippen molar-refractivity contribution in [2.75, 3.05) is 38.2 Å². The fraction of sp³-hybridized carbons (Fsp3) is 0.300. The van der Waals surface area contributed by atoms with E-state index >= 15 is 0 Å². The Morgan fingerprint density at radius 1 is 1.14 bits per heavy atom. The zero-order valence-electron chi connectivity index (χ0n) is 16.2. The van der Waals surface area contributed by atoms with Crippen molar-refractivity contribution >= 4 is 39.4 Å². The molecule has 0 unspecified atom stereocenters. The summed E-state index contributed by atoms with van der Waals surface area (Å²) >= 11 is 6.91. The van der Waals surface area contributed by atoms with E-state index in [4.69, 9.17) is 16.3 Å². The van der Waals surface area contributed by atoms with Gasteiger partial charge < -0.3 is 15.0 Å². The first-order valence-corrected chi connectivity index (χ1v) is 9.82. The summed E-state index contributed by atoms with van der Waals surface area (Å²) in [7, 11) is 1.63. The van der Waals surface area contributed by atoms with Crippen molar-refractivity contribution in [3.05, 3.63) is 35.4 Å². The van der Waals surface area contributed by atoms with Gasteiger partial charge in [0.1, 0.15) is 12.1 Å². The van der Waals surface area contributed by atoms with Crippen LogP contribution in [0.3, 0.4) is 0 Å². The zero-order chi connectivity index (χ0) is 20.0. The summed E-state index contributed by atoms with van der Waals surface area (Å²) in [6.45, 7) is 5.57. The van der Waals surface area contributed by atoms with Gasteiger partial charge in [0, 0.05) is 48.9 Å². The van der Waals surface area contributed by atoms with Gasteiger partial charge in [0.05, 0.1) is 29.2 Å². The molecule has 5 rings (SSSR count). The van der Waals surface area contributed by atoms with Crippen molar-refractivity contribution in [1.29, 1.82) is 0 Å². The quantitative estimate of drug-likeness (QED) is 0.537. The standard InChI is InChI=1S/C20H20ClN7O/c1-11-8-23-19-13(9-26-27-19)15(11)12-7-14-16(18(29-2)17(12)21)20(25-10-24-14)28-5-3-22-4-6-28/h7-10,22H,3-6H2,1-2H3,(H,23,26,27). The Morgan fingerprint density at radius 2 is 1.97 bits per heavy atom. The molecule has 1 aromatic carbocycles. The number of halogens is 1. The van der Waals surface area contributed by atoms with Gasteiger partial charge in [-0.15, -0.1) is 0 Å². The molecule has 0 saturated carbocycles. The van der Waals surface area contributed by atoms with Crippen LogP contribution < -0.4 is 15.0 Å². The van der Waals surface area contributed by atoms with Crippen LogP contribution in [0.25, 0.3) is 33.1 Å². The van der Waals surface area contributed by atoms with Crippen molar-refractivity contribution < 1.29 is 4.74 Å². The third kappa shape index (κ3) is 2.87. The van der Waals surface area contributed by atoms with Crippen LogP contribution in [0.1, 0.15) is 5.56 Å². The second kappa shape index (κ2) is 7.13. The van der Waals surface area contributed by atoms with Crippen molar-refractivity contribution in [2.24, 2.45) is 0 Å². The molecule has 0 spiro atoms.